The number of esters is 1. The summed E-state index contributed by atoms with van der Waals surface area (Å²) in [5.41, 5.74) is 2.62. The molecule has 0 spiro atoms. The van der Waals surface area contributed by atoms with Crippen LogP contribution in [0.15, 0.2) is 54.7 Å². The van der Waals surface area contributed by atoms with Crippen molar-refractivity contribution in [2.45, 2.75) is 70.3 Å². The van der Waals surface area contributed by atoms with Crippen LogP contribution in [0.4, 0.5) is 0 Å². The number of hydrogen-bond acceptors (Lipinski definition) is 9. The minimum absolute atomic E-state index is 0.0282. The van der Waals surface area contributed by atoms with E-state index < -0.39 is 23.7 Å². The lowest BCUT2D eigenvalue weighted by Crippen LogP contribution is -2.27. The summed E-state index contributed by atoms with van der Waals surface area (Å²) in [5, 5.41) is 27.6. The molecular formula is C40H46N2O9. The molecule has 0 fully saturated rings. The number of ether oxygens (including phenoxy) is 4. The number of ketones is 1. The van der Waals surface area contributed by atoms with Crippen LogP contribution < -0.4 is 19.5 Å². The van der Waals surface area contributed by atoms with Gasteiger partial charge in [0.05, 0.1) is 27.4 Å². The number of para-hydroxylation sites is 1. The molecule has 4 aromatic rings. The molecule has 1 aliphatic heterocycles. The predicted molar refractivity (Wildman–Crippen MR) is 194 cm³/mol. The van der Waals surface area contributed by atoms with Crippen molar-refractivity contribution < 1.29 is 43.5 Å². The van der Waals surface area contributed by atoms with Crippen molar-refractivity contribution in [2.24, 2.45) is 0 Å². The number of H-pyrrole nitrogens is 1. The van der Waals surface area contributed by atoms with E-state index in [1.165, 1.54) is 27.4 Å². The van der Waals surface area contributed by atoms with Crippen molar-refractivity contribution in [1.82, 2.24) is 10.3 Å². The van der Waals surface area contributed by atoms with Gasteiger partial charge >= 0.3 is 5.97 Å². The number of allylic oxidation sites excluding steroid dienone is 1. The zero-order valence-corrected chi connectivity index (χ0v) is 29.5. The normalized spacial score (nSPS) is 16.1. The van der Waals surface area contributed by atoms with Crippen molar-refractivity contribution in [2.75, 3.05) is 27.9 Å². The number of amides is 1. The number of phenolic OH excluding ortho intramolecular Hbond substituents is 2. The van der Waals surface area contributed by atoms with Crippen molar-refractivity contribution in [3.8, 4) is 28.7 Å². The van der Waals surface area contributed by atoms with E-state index in [0.717, 1.165) is 16.5 Å². The minimum atomic E-state index is -0.967. The first kappa shape index (κ1) is 36.8. The summed E-state index contributed by atoms with van der Waals surface area (Å²) in [6.45, 7) is 2.08. The predicted octanol–water partition coefficient (Wildman–Crippen LogP) is 6.97. The molecule has 270 valence electrons. The number of aromatic amines is 1. The van der Waals surface area contributed by atoms with Crippen LogP contribution in [0, 0.1) is 0 Å². The van der Waals surface area contributed by atoms with E-state index in [1.807, 2.05) is 30.5 Å². The van der Waals surface area contributed by atoms with Crippen LogP contribution in [0.25, 0.3) is 17.0 Å². The first-order valence-corrected chi connectivity index (χ1v) is 17.2. The maximum atomic E-state index is 13.7. The Morgan fingerprint density at radius 2 is 1.75 bits per heavy atom. The molecule has 0 aliphatic carbocycles. The SMILES string of the molecule is COc1cc(C(CC(=O)NCCc2c[nH]c3ccccc23)c2c(O)cc3c(c2O)C(=O)O[C@@H](C)CCCC(=O)CCCC=C3)cc(OC)c1OC. The topological polar surface area (TPSA) is 156 Å². The van der Waals surface area contributed by atoms with Gasteiger partial charge in [-0.05, 0) is 80.0 Å². The van der Waals surface area contributed by atoms with Crippen LogP contribution in [-0.2, 0) is 20.7 Å². The molecule has 5 rings (SSSR count). The summed E-state index contributed by atoms with van der Waals surface area (Å²) >= 11 is 0. The second-order valence-corrected chi connectivity index (χ2v) is 12.7. The quantitative estimate of drug-likeness (QED) is 0.129. The highest BCUT2D eigenvalue weighted by atomic mass is 16.5. The Morgan fingerprint density at radius 1 is 1.02 bits per heavy atom. The molecule has 1 unspecified atom stereocenters. The Hall–Kier alpha value is -5.45. The number of carbonyl (C=O) groups is 3. The van der Waals surface area contributed by atoms with E-state index in [9.17, 15) is 24.6 Å². The average Bonchev–Trinajstić information content (AvgIpc) is 3.52. The number of aromatic nitrogens is 1. The molecule has 0 saturated heterocycles. The summed E-state index contributed by atoms with van der Waals surface area (Å²) in [4.78, 5) is 42.9. The number of cyclic esters (lactones) is 1. The van der Waals surface area contributed by atoms with E-state index >= 15 is 0 Å². The third-order valence-electron chi connectivity index (χ3n) is 9.27. The van der Waals surface area contributed by atoms with Crippen LogP contribution in [0.1, 0.15) is 90.4 Å². The Kier molecular flexibility index (Phi) is 12.3. The molecule has 0 radical (unpaired) electrons. The van der Waals surface area contributed by atoms with Gasteiger partial charge in [0, 0.05) is 54.4 Å². The fourth-order valence-electron chi connectivity index (χ4n) is 6.64. The maximum Gasteiger partial charge on any atom is 0.342 e. The van der Waals surface area contributed by atoms with Gasteiger partial charge in [0.1, 0.15) is 22.8 Å². The fraction of sp³-hybridized carbons (Fsp3) is 0.375. The zero-order valence-electron chi connectivity index (χ0n) is 29.5. The number of hydrogen-bond donors (Lipinski definition) is 4. The monoisotopic (exact) mass is 698 g/mol. The third-order valence-corrected chi connectivity index (χ3v) is 9.27. The Morgan fingerprint density at radius 3 is 2.47 bits per heavy atom. The summed E-state index contributed by atoms with van der Waals surface area (Å²) in [6, 6.07) is 12.6. The summed E-state index contributed by atoms with van der Waals surface area (Å²) in [5.74, 6) is -1.81. The van der Waals surface area contributed by atoms with Gasteiger partial charge in [0.25, 0.3) is 0 Å². The van der Waals surface area contributed by atoms with E-state index in [4.69, 9.17) is 18.9 Å². The largest absolute Gasteiger partial charge is 0.507 e. The molecule has 4 N–H and O–H groups in total. The highest BCUT2D eigenvalue weighted by Crippen LogP contribution is 2.47. The standard InChI is InChI=1S/C40H46N2O9/c1-24-11-10-14-28(43)13-7-5-6-12-25-19-32(44)37(38(46)36(25)40(47)51-24)30(27-20-33(48-2)39(50-4)34(21-27)49-3)22-35(45)41-18-17-26-23-42-31-16-9-8-15-29(26)31/h6,8-9,12,15-16,19-21,23-24,30,42,44,46H,5,7,10-11,13-14,17-18,22H2,1-4H3,(H,41,45)/t24-,30?/m0/s1. The number of methoxy groups -OCH3 is 3. The van der Waals surface area contributed by atoms with Crippen molar-refractivity contribution in [3.05, 3.63) is 82.6 Å². The third kappa shape index (κ3) is 8.65. The second kappa shape index (κ2) is 17.0. The lowest BCUT2D eigenvalue weighted by atomic mass is 9.84. The number of benzene rings is 3. The van der Waals surface area contributed by atoms with E-state index in [2.05, 4.69) is 10.3 Å². The molecule has 1 amide bonds. The number of Topliss-reactive ketones (excluding diaryl/α,β-unsaturated/α-hetero) is 1. The van der Waals surface area contributed by atoms with Gasteiger partial charge in [-0.15, -0.1) is 0 Å². The molecule has 11 heteroatoms. The molecule has 0 bridgehead atoms. The smallest absolute Gasteiger partial charge is 0.342 e. The molecule has 1 aliphatic rings. The van der Waals surface area contributed by atoms with Crippen LogP contribution in [-0.4, -0.2) is 66.8 Å². The van der Waals surface area contributed by atoms with Gasteiger partial charge in [-0.1, -0.05) is 30.4 Å². The number of fused-ring (bicyclic) bond motifs is 2. The molecule has 51 heavy (non-hydrogen) atoms. The Labute approximate surface area is 297 Å². The lowest BCUT2D eigenvalue weighted by molar-refractivity contribution is -0.121. The fourth-order valence-corrected chi connectivity index (χ4v) is 6.64. The van der Waals surface area contributed by atoms with Gasteiger partial charge in [-0.3, -0.25) is 9.59 Å². The number of carbonyl (C=O) groups excluding carboxylic acids is 3. The maximum absolute atomic E-state index is 13.7. The molecule has 1 aromatic heterocycles. The molecule has 0 saturated carbocycles. The Balaban J connectivity index is 1.55. The van der Waals surface area contributed by atoms with Crippen LogP contribution in [0.2, 0.25) is 0 Å². The number of rotatable bonds is 10. The first-order valence-electron chi connectivity index (χ1n) is 17.2. The number of nitrogens with one attached hydrogen (secondary N) is 2. The summed E-state index contributed by atoms with van der Waals surface area (Å²) in [6.07, 6.45) is 8.29. The average molecular weight is 699 g/mol. The highest BCUT2D eigenvalue weighted by molar-refractivity contribution is 5.98. The number of phenols is 2. The van der Waals surface area contributed by atoms with Crippen LogP contribution >= 0.6 is 0 Å². The second-order valence-electron chi connectivity index (χ2n) is 12.7. The molecular weight excluding hydrogens is 652 g/mol. The van der Waals surface area contributed by atoms with Crippen molar-refractivity contribution >= 4 is 34.6 Å². The van der Waals surface area contributed by atoms with E-state index in [-0.39, 0.29) is 40.6 Å². The molecule has 11 nitrogen and oxygen atoms in total. The van der Waals surface area contributed by atoms with Gasteiger partial charge < -0.3 is 39.5 Å². The van der Waals surface area contributed by atoms with Crippen molar-refractivity contribution in [1.29, 1.82) is 0 Å². The molecule has 3 aromatic carbocycles. The van der Waals surface area contributed by atoms with Crippen LogP contribution in [0.3, 0.4) is 0 Å². The van der Waals surface area contributed by atoms with Gasteiger partial charge in [0.15, 0.2) is 11.5 Å². The van der Waals surface area contributed by atoms with E-state index in [1.54, 1.807) is 31.2 Å². The zero-order chi connectivity index (χ0) is 36.5. The Bertz CT molecular complexity index is 1890. The van der Waals surface area contributed by atoms with Crippen molar-refractivity contribution in [3.63, 3.8) is 0 Å². The molecule has 2 heterocycles. The lowest BCUT2D eigenvalue weighted by Gasteiger charge is -2.24. The highest BCUT2D eigenvalue weighted by Gasteiger charge is 2.32. The van der Waals surface area contributed by atoms with Gasteiger partial charge in [0.2, 0.25) is 11.7 Å². The summed E-state index contributed by atoms with van der Waals surface area (Å²) in [7, 11) is 4.41. The van der Waals surface area contributed by atoms with Gasteiger partial charge in [-0.2, -0.15) is 0 Å². The molecule has 2 atom stereocenters. The van der Waals surface area contributed by atoms with Crippen LogP contribution in [0.5, 0.6) is 28.7 Å². The first-order chi connectivity index (χ1) is 24.6. The van der Waals surface area contributed by atoms with E-state index in [0.29, 0.717) is 74.3 Å². The van der Waals surface area contributed by atoms with Gasteiger partial charge in [-0.25, -0.2) is 4.79 Å². The minimum Gasteiger partial charge on any atom is -0.507 e. The summed E-state index contributed by atoms with van der Waals surface area (Å²) < 4.78 is 22.5. The number of aromatic hydroxyl groups is 2.